The van der Waals surface area contributed by atoms with Crippen LogP contribution in [0.25, 0.3) is 11.3 Å². The number of hydrogen-bond donors (Lipinski definition) is 2. The molecular weight excluding hydrogens is 322 g/mol. The Morgan fingerprint density at radius 3 is 2.88 bits per heavy atom. The van der Waals surface area contributed by atoms with Crippen LogP contribution in [0.4, 0.5) is 0 Å². The molecule has 2 N–H and O–H groups in total. The molecule has 1 fully saturated rings. The Hall–Kier alpha value is -2.50. The minimum absolute atomic E-state index is 0.461. The largest absolute Gasteiger partial charge is 0.308 e. The number of pyridine rings is 1. The third kappa shape index (κ3) is 3.69. The molecule has 3 aromatic rings. The molecule has 0 aliphatic carbocycles. The maximum absolute atomic E-state index is 4.22. The lowest BCUT2D eigenvalue weighted by atomic mass is 10.1. The quantitative estimate of drug-likeness (QED) is 0.718. The fraction of sp³-hybridized carbons (Fsp3) is 0.333. The average Bonchev–Trinajstić information content (AvgIpc) is 3.36. The second-order valence-electron chi connectivity index (χ2n) is 6.96. The zero-order chi connectivity index (χ0) is 17.8. The molecule has 0 radical (unpaired) electrons. The third-order valence-corrected chi connectivity index (χ3v) is 5.30. The van der Waals surface area contributed by atoms with E-state index in [0.717, 1.165) is 30.9 Å². The van der Waals surface area contributed by atoms with E-state index >= 15 is 0 Å². The van der Waals surface area contributed by atoms with Crippen molar-refractivity contribution in [1.82, 2.24) is 25.4 Å². The van der Waals surface area contributed by atoms with Gasteiger partial charge >= 0.3 is 0 Å². The number of nitrogens with one attached hydrogen (secondary N) is 2. The number of hydrogen-bond acceptors (Lipinski definition) is 4. The van der Waals surface area contributed by atoms with Gasteiger partial charge in [0.2, 0.25) is 0 Å². The Bertz CT molecular complexity index is 815. The van der Waals surface area contributed by atoms with E-state index in [1.54, 1.807) is 6.20 Å². The molecule has 1 aromatic carbocycles. The lowest BCUT2D eigenvalue weighted by Crippen LogP contribution is -2.33. The van der Waals surface area contributed by atoms with Crippen molar-refractivity contribution in [2.75, 3.05) is 13.1 Å². The number of H-pyrrole nitrogens is 1. The van der Waals surface area contributed by atoms with Gasteiger partial charge in [0.25, 0.3) is 0 Å². The first-order valence-corrected chi connectivity index (χ1v) is 9.26. The van der Waals surface area contributed by atoms with Gasteiger partial charge in [-0.1, -0.05) is 30.3 Å². The standard InChI is InChI=1S/C21H25N5/c1-16(17-6-3-2-4-7-17)26-11-9-20(15-26)23-13-19-14-24-25-21(19)18-8-5-10-22-12-18/h2-8,10,12,14,16,20,23H,9,11,13,15H2,1H3,(H,24,25)/t16-,20+/m0/s1. The predicted octanol–water partition coefficient (Wildman–Crippen LogP) is 3.40. The smallest absolute Gasteiger partial charge is 0.0710 e. The molecule has 26 heavy (non-hydrogen) atoms. The fourth-order valence-electron chi connectivity index (χ4n) is 3.71. The summed E-state index contributed by atoms with van der Waals surface area (Å²) in [5.41, 5.74) is 4.71. The molecule has 2 atom stereocenters. The third-order valence-electron chi connectivity index (χ3n) is 5.30. The Labute approximate surface area is 154 Å². The van der Waals surface area contributed by atoms with E-state index in [2.05, 4.69) is 68.7 Å². The first kappa shape index (κ1) is 16.9. The number of likely N-dealkylation sites (tertiary alicyclic amines) is 1. The molecule has 2 aromatic heterocycles. The molecule has 0 saturated carbocycles. The van der Waals surface area contributed by atoms with Crippen molar-refractivity contribution in [3.05, 3.63) is 72.2 Å². The van der Waals surface area contributed by atoms with E-state index in [0.29, 0.717) is 12.1 Å². The summed E-state index contributed by atoms with van der Waals surface area (Å²) in [6.07, 6.45) is 6.75. The van der Waals surface area contributed by atoms with E-state index in [9.17, 15) is 0 Å². The highest BCUT2D eigenvalue weighted by Gasteiger charge is 2.26. The van der Waals surface area contributed by atoms with E-state index in [-0.39, 0.29) is 0 Å². The zero-order valence-electron chi connectivity index (χ0n) is 15.1. The molecule has 0 unspecified atom stereocenters. The van der Waals surface area contributed by atoms with Crippen LogP contribution in [0.3, 0.4) is 0 Å². The molecule has 0 spiro atoms. The monoisotopic (exact) mass is 347 g/mol. The maximum Gasteiger partial charge on any atom is 0.0710 e. The first-order valence-electron chi connectivity index (χ1n) is 9.26. The van der Waals surface area contributed by atoms with Crippen molar-refractivity contribution in [3.8, 4) is 11.3 Å². The molecule has 0 bridgehead atoms. The van der Waals surface area contributed by atoms with Gasteiger partial charge in [-0.2, -0.15) is 5.10 Å². The minimum Gasteiger partial charge on any atom is -0.308 e. The van der Waals surface area contributed by atoms with Crippen molar-refractivity contribution < 1.29 is 0 Å². The van der Waals surface area contributed by atoms with Gasteiger partial charge < -0.3 is 5.32 Å². The highest BCUT2D eigenvalue weighted by atomic mass is 15.2. The molecule has 3 heterocycles. The van der Waals surface area contributed by atoms with E-state index < -0.39 is 0 Å². The number of nitrogens with zero attached hydrogens (tertiary/aromatic N) is 3. The normalized spacial score (nSPS) is 18.9. The van der Waals surface area contributed by atoms with Crippen LogP contribution in [0.15, 0.2) is 61.1 Å². The number of benzene rings is 1. The minimum atomic E-state index is 0.461. The van der Waals surface area contributed by atoms with Gasteiger partial charge in [0.15, 0.2) is 0 Å². The first-order chi connectivity index (χ1) is 12.8. The van der Waals surface area contributed by atoms with Crippen LogP contribution in [0.1, 0.15) is 30.5 Å². The Balaban J connectivity index is 1.35. The van der Waals surface area contributed by atoms with Crippen LogP contribution in [-0.2, 0) is 6.54 Å². The molecule has 5 nitrogen and oxygen atoms in total. The second-order valence-corrected chi connectivity index (χ2v) is 6.96. The molecular formula is C21H25N5. The Kier molecular flexibility index (Phi) is 5.09. The average molecular weight is 347 g/mol. The Morgan fingerprint density at radius 2 is 2.08 bits per heavy atom. The van der Waals surface area contributed by atoms with Crippen molar-refractivity contribution in [1.29, 1.82) is 0 Å². The van der Waals surface area contributed by atoms with Gasteiger partial charge in [0, 0.05) is 55.2 Å². The van der Waals surface area contributed by atoms with Gasteiger partial charge in [-0.3, -0.25) is 15.0 Å². The van der Waals surface area contributed by atoms with Crippen molar-refractivity contribution in [2.45, 2.75) is 32.0 Å². The number of aromatic nitrogens is 3. The zero-order valence-corrected chi connectivity index (χ0v) is 15.1. The summed E-state index contributed by atoms with van der Waals surface area (Å²) in [4.78, 5) is 6.76. The number of rotatable bonds is 6. The molecule has 1 aliphatic heterocycles. The fourth-order valence-corrected chi connectivity index (χ4v) is 3.71. The van der Waals surface area contributed by atoms with Crippen molar-refractivity contribution in [2.24, 2.45) is 0 Å². The van der Waals surface area contributed by atoms with Crippen molar-refractivity contribution in [3.63, 3.8) is 0 Å². The lowest BCUT2D eigenvalue weighted by Gasteiger charge is -2.25. The molecule has 4 rings (SSSR count). The predicted molar refractivity (Wildman–Crippen MR) is 103 cm³/mol. The van der Waals surface area contributed by atoms with Crippen LogP contribution in [0.2, 0.25) is 0 Å². The van der Waals surface area contributed by atoms with Crippen molar-refractivity contribution >= 4 is 0 Å². The molecule has 5 heteroatoms. The van der Waals surface area contributed by atoms with Gasteiger partial charge in [-0.25, -0.2) is 0 Å². The summed E-state index contributed by atoms with van der Waals surface area (Å²) in [6.45, 7) is 5.33. The van der Waals surface area contributed by atoms with Gasteiger partial charge in [-0.15, -0.1) is 0 Å². The second kappa shape index (κ2) is 7.81. The molecule has 1 aliphatic rings. The van der Waals surface area contributed by atoms with Gasteiger partial charge in [0.1, 0.15) is 0 Å². The summed E-state index contributed by atoms with van der Waals surface area (Å²) in [7, 11) is 0. The maximum atomic E-state index is 4.22. The van der Waals surface area contributed by atoms with Gasteiger partial charge in [-0.05, 0) is 31.0 Å². The summed E-state index contributed by atoms with van der Waals surface area (Å²) < 4.78 is 0. The van der Waals surface area contributed by atoms with Crippen LogP contribution < -0.4 is 5.32 Å². The highest BCUT2D eigenvalue weighted by molar-refractivity contribution is 5.61. The summed E-state index contributed by atoms with van der Waals surface area (Å²) in [5, 5.41) is 11.0. The van der Waals surface area contributed by atoms with Crippen LogP contribution in [-0.4, -0.2) is 39.2 Å². The number of aromatic amines is 1. The molecule has 134 valence electrons. The lowest BCUT2D eigenvalue weighted by molar-refractivity contribution is 0.255. The SMILES string of the molecule is C[C@@H](c1ccccc1)N1CC[C@@H](NCc2cn[nH]c2-c2cccnc2)C1. The highest BCUT2D eigenvalue weighted by Crippen LogP contribution is 2.25. The molecule has 1 saturated heterocycles. The van der Waals surface area contributed by atoms with Crippen LogP contribution in [0.5, 0.6) is 0 Å². The van der Waals surface area contributed by atoms with E-state index in [1.807, 2.05) is 18.5 Å². The molecule has 0 amide bonds. The van der Waals surface area contributed by atoms with Crippen LogP contribution >= 0.6 is 0 Å². The topological polar surface area (TPSA) is 56.8 Å². The Morgan fingerprint density at radius 1 is 1.19 bits per heavy atom. The summed E-state index contributed by atoms with van der Waals surface area (Å²) in [5.74, 6) is 0. The van der Waals surface area contributed by atoms with E-state index in [4.69, 9.17) is 0 Å². The van der Waals surface area contributed by atoms with Gasteiger partial charge in [0.05, 0.1) is 11.9 Å². The summed E-state index contributed by atoms with van der Waals surface area (Å²) >= 11 is 0. The van der Waals surface area contributed by atoms with E-state index in [1.165, 1.54) is 17.5 Å². The summed E-state index contributed by atoms with van der Waals surface area (Å²) in [6, 6.07) is 15.7. The van der Waals surface area contributed by atoms with Crippen LogP contribution in [0, 0.1) is 0 Å².